The number of carbonyl (C=O) groups is 1. The van der Waals surface area contributed by atoms with Crippen molar-refractivity contribution in [1.82, 2.24) is 4.57 Å². The number of alkyl halides is 2. The van der Waals surface area contributed by atoms with Crippen molar-refractivity contribution >= 4 is 16.9 Å². The minimum absolute atomic E-state index is 0.0423. The van der Waals surface area contributed by atoms with E-state index in [2.05, 4.69) is 0 Å². The SMILES string of the molecule is CCn1c(=O)c2c(c3cc(-c4cc(CCC(=O)O)ccc4OC(F)(F)CC)ccc31)CCC2. The summed E-state index contributed by atoms with van der Waals surface area (Å²) in [6.07, 6.45) is -1.09. The number of pyridine rings is 1. The maximum absolute atomic E-state index is 14.1. The summed E-state index contributed by atoms with van der Waals surface area (Å²) < 4.78 is 35.1. The van der Waals surface area contributed by atoms with Crippen LogP contribution in [0.4, 0.5) is 8.78 Å². The summed E-state index contributed by atoms with van der Waals surface area (Å²) in [5, 5.41) is 9.98. The summed E-state index contributed by atoms with van der Waals surface area (Å²) in [5.41, 5.74) is 4.65. The number of hydrogen-bond acceptors (Lipinski definition) is 3. The highest BCUT2D eigenvalue weighted by Crippen LogP contribution is 2.38. The summed E-state index contributed by atoms with van der Waals surface area (Å²) in [6.45, 7) is 3.83. The van der Waals surface area contributed by atoms with Crippen LogP contribution in [0.25, 0.3) is 22.0 Å². The van der Waals surface area contributed by atoms with Gasteiger partial charge in [0.2, 0.25) is 0 Å². The number of rotatable bonds is 8. The second-order valence-corrected chi connectivity index (χ2v) is 8.41. The van der Waals surface area contributed by atoms with Gasteiger partial charge in [-0.05, 0) is 73.6 Å². The molecule has 4 rings (SSSR count). The van der Waals surface area contributed by atoms with Crippen molar-refractivity contribution in [2.75, 3.05) is 0 Å². The Bertz CT molecular complexity index is 1280. The Hall–Kier alpha value is -3.22. The number of aromatic nitrogens is 1. The topological polar surface area (TPSA) is 68.5 Å². The lowest BCUT2D eigenvalue weighted by Crippen LogP contribution is -2.24. The van der Waals surface area contributed by atoms with Gasteiger partial charge in [-0.3, -0.25) is 9.59 Å². The quantitative estimate of drug-likeness (QED) is 0.482. The normalized spacial score (nSPS) is 13.3. The Morgan fingerprint density at radius 1 is 1.12 bits per heavy atom. The smallest absolute Gasteiger partial charge is 0.397 e. The van der Waals surface area contributed by atoms with E-state index in [1.165, 1.54) is 13.0 Å². The second-order valence-electron chi connectivity index (χ2n) is 8.41. The molecular weight excluding hydrogens is 428 g/mol. The van der Waals surface area contributed by atoms with Gasteiger partial charge in [-0.2, -0.15) is 8.78 Å². The van der Waals surface area contributed by atoms with Gasteiger partial charge in [0.05, 0.1) is 5.52 Å². The number of carboxylic acids is 1. The first-order chi connectivity index (χ1) is 15.7. The average molecular weight is 456 g/mol. The average Bonchev–Trinajstić information content (AvgIpc) is 3.29. The molecule has 0 fully saturated rings. The van der Waals surface area contributed by atoms with Crippen LogP contribution in [0.5, 0.6) is 5.75 Å². The number of aryl methyl sites for hydroxylation is 3. The summed E-state index contributed by atoms with van der Waals surface area (Å²) in [4.78, 5) is 23.9. The van der Waals surface area contributed by atoms with E-state index in [1.807, 2.05) is 25.1 Å². The predicted molar refractivity (Wildman–Crippen MR) is 123 cm³/mol. The number of nitrogens with zero attached hydrogens (tertiary/aromatic N) is 1. The molecular formula is C26H27F2NO4. The molecule has 0 aliphatic heterocycles. The summed E-state index contributed by atoms with van der Waals surface area (Å²) in [5.74, 6) is -0.881. The predicted octanol–water partition coefficient (Wildman–Crippen LogP) is 5.58. The van der Waals surface area contributed by atoms with Gasteiger partial charge in [0.1, 0.15) is 5.75 Å². The Labute approximate surface area is 190 Å². The summed E-state index contributed by atoms with van der Waals surface area (Å²) in [6, 6.07) is 10.4. The number of fused-ring (bicyclic) bond motifs is 3. The molecule has 0 bridgehead atoms. The third-order valence-corrected chi connectivity index (χ3v) is 6.30. The highest BCUT2D eigenvalue weighted by Gasteiger charge is 2.30. The van der Waals surface area contributed by atoms with Crippen LogP contribution in [-0.2, 0) is 30.6 Å². The molecule has 1 aromatic heterocycles. The van der Waals surface area contributed by atoms with Crippen molar-refractivity contribution in [3.05, 3.63) is 63.4 Å². The van der Waals surface area contributed by atoms with Crippen LogP contribution in [0.1, 0.15) is 49.8 Å². The standard InChI is InChI=1S/C26H27F2NO4/c1-3-26(27,28)33-23-12-8-16(9-13-24(30)31)14-20(23)17-10-11-22-21(15-17)18-6-5-7-19(18)25(32)29(22)4-2/h8,10-12,14-15H,3-7,9,13H2,1-2H3,(H,30,31). The number of ether oxygens (including phenoxy) is 1. The third-order valence-electron chi connectivity index (χ3n) is 6.30. The van der Waals surface area contributed by atoms with Gasteiger partial charge in [-0.15, -0.1) is 0 Å². The van der Waals surface area contributed by atoms with Gasteiger partial charge < -0.3 is 14.4 Å². The number of benzene rings is 2. The van der Waals surface area contributed by atoms with Crippen molar-refractivity contribution in [1.29, 1.82) is 0 Å². The van der Waals surface area contributed by atoms with Crippen LogP contribution in [0, 0.1) is 0 Å². The summed E-state index contributed by atoms with van der Waals surface area (Å²) >= 11 is 0. The van der Waals surface area contributed by atoms with Crippen LogP contribution in [-0.4, -0.2) is 21.8 Å². The monoisotopic (exact) mass is 455 g/mol. The molecule has 0 spiro atoms. The maximum Gasteiger partial charge on any atom is 0.397 e. The lowest BCUT2D eigenvalue weighted by molar-refractivity contribution is -0.177. The first-order valence-electron chi connectivity index (χ1n) is 11.3. The molecule has 0 radical (unpaired) electrons. The highest BCUT2D eigenvalue weighted by molar-refractivity contribution is 5.90. The molecule has 0 atom stereocenters. The number of aliphatic carboxylic acids is 1. The zero-order chi connectivity index (χ0) is 23.8. The number of halogens is 2. The molecule has 0 saturated heterocycles. The lowest BCUT2D eigenvalue weighted by Gasteiger charge is -2.20. The Morgan fingerprint density at radius 3 is 2.58 bits per heavy atom. The molecule has 0 saturated carbocycles. The van der Waals surface area contributed by atoms with Crippen LogP contribution in [0.3, 0.4) is 0 Å². The van der Waals surface area contributed by atoms with Crippen LogP contribution in [0.15, 0.2) is 41.2 Å². The van der Waals surface area contributed by atoms with E-state index in [1.54, 1.807) is 16.7 Å². The van der Waals surface area contributed by atoms with Crippen LogP contribution < -0.4 is 10.3 Å². The van der Waals surface area contributed by atoms with Gasteiger partial charge in [-0.25, -0.2) is 0 Å². The van der Waals surface area contributed by atoms with E-state index in [0.717, 1.165) is 46.9 Å². The molecule has 1 heterocycles. The molecule has 0 unspecified atom stereocenters. The van der Waals surface area contributed by atoms with Gasteiger partial charge in [0.15, 0.2) is 0 Å². The highest BCUT2D eigenvalue weighted by atomic mass is 19.3. The molecule has 1 N–H and O–H groups in total. The number of hydrogen-bond donors (Lipinski definition) is 1. The molecule has 2 aromatic carbocycles. The van der Waals surface area contributed by atoms with E-state index in [9.17, 15) is 18.4 Å². The zero-order valence-corrected chi connectivity index (χ0v) is 18.8. The fourth-order valence-electron chi connectivity index (χ4n) is 4.58. The maximum atomic E-state index is 14.1. The van der Waals surface area contributed by atoms with Crippen molar-refractivity contribution in [2.45, 2.75) is 65.0 Å². The molecule has 7 heteroatoms. The molecule has 1 aliphatic carbocycles. The van der Waals surface area contributed by atoms with Crippen LogP contribution in [0.2, 0.25) is 0 Å². The fraction of sp³-hybridized carbons (Fsp3) is 0.385. The van der Waals surface area contributed by atoms with E-state index in [4.69, 9.17) is 9.84 Å². The molecule has 33 heavy (non-hydrogen) atoms. The van der Waals surface area contributed by atoms with Gasteiger partial charge in [-0.1, -0.05) is 19.1 Å². The Balaban J connectivity index is 1.89. The molecule has 174 valence electrons. The van der Waals surface area contributed by atoms with Crippen LogP contribution >= 0.6 is 0 Å². The molecule has 0 amide bonds. The van der Waals surface area contributed by atoms with E-state index in [-0.39, 0.29) is 24.2 Å². The van der Waals surface area contributed by atoms with E-state index >= 15 is 0 Å². The Kier molecular flexibility index (Phi) is 6.23. The number of carboxylic acid groups (broad SMARTS) is 1. The van der Waals surface area contributed by atoms with Gasteiger partial charge >= 0.3 is 12.1 Å². The zero-order valence-electron chi connectivity index (χ0n) is 18.8. The third kappa shape index (κ3) is 4.49. The van der Waals surface area contributed by atoms with Crippen molar-refractivity contribution in [3.8, 4) is 16.9 Å². The molecule has 1 aliphatic rings. The minimum Gasteiger partial charge on any atom is -0.481 e. The van der Waals surface area contributed by atoms with Crippen molar-refractivity contribution < 1.29 is 23.4 Å². The second kappa shape index (κ2) is 8.96. The largest absolute Gasteiger partial charge is 0.481 e. The van der Waals surface area contributed by atoms with Crippen molar-refractivity contribution in [3.63, 3.8) is 0 Å². The van der Waals surface area contributed by atoms with E-state index < -0.39 is 18.5 Å². The molecule has 5 nitrogen and oxygen atoms in total. The van der Waals surface area contributed by atoms with Gasteiger partial charge in [0, 0.05) is 35.9 Å². The summed E-state index contributed by atoms with van der Waals surface area (Å²) in [7, 11) is 0. The Morgan fingerprint density at radius 2 is 1.88 bits per heavy atom. The molecule has 3 aromatic rings. The first-order valence-corrected chi connectivity index (χ1v) is 11.3. The van der Waals surface area contributed by atoms with Gasteiger partial charge in [0.25, 0.3) is 5.56 Å². The minimum atomic E-state index is -3.32. The van der Waals surface area contributed by atoms with Crippen molar-refractivity contribution in [2.24, 2.45) is 0 Å². The van der Waals surface area contributed by atoms with E-state index in [0.29, 0.717) is 17.7 Å². The lowest BCUT2D eigenvalue weighted by atomic mass is 9.96. The first kappa shape index (κ1) is 23.0. The fourth-order valence-corrected chi connectivity index (χ4v) is 4.58.